The first-order valence-corrected chi connectivity index (χ1v) is 11.6. The van der Waals surface area contributed by atoms with Crippen LogP contribution in [-0.2, 0) is 7.05 Å². The van der Waals surface area contributed by atoms with Crippen molar-refractivity contribution in [3.05, 3.63) is 91.2 Å². The molecule has 1 aliphatic heterocycles. The molecule has 0 bridgehead atoms. The van der Waals surface area contributed by atoms with Crippen LogP contribution in [0.15, 0.2) is 74.2 Å². The summed E-state index contributed by atoms with van der Waals surface area (Å²) in [7, 11) is 1.91. The number of piperazine rings is 1. The van der Waals surface area contributed by atoms with Crippen LogP contribution in [0, 0.1) is 5.82 Å². The maximum atomic E-state index is 13.2. The van der Waals surface area contributed by atoms with Gasteiger partial charge in [0.2, 0.25) is 5.95 Å². The lowest BCUT2D eigenvalue weighted by molar-refractivity contribution is 0.627. The normalized spacial score (nSPS) is 13.9. The molecular formula is C26H24FN9. The van der Waals surface area contributed by atoms with Crippen molar-refractivity contribution in [3.8, 4) is 11.1 Å². The summed E-state index contributed by atoms with van der Waals surface area (Å²) >= 11 is 0. The molecule has 1 aliphatic rings. The molecule has 6 rings (SSSR count). The smallest absolute Gasteiger partial charge is 0.225 e. The van der Waals surface area contributed by atoms with E-state index in [-0.39, 0.29) is 5.82 Å². The minimum absolute atomic E-state index is 0.272. The van der Waals surface area contributed by atoms with E-state index in [1.165, 1.54) is 12.1 Å². The fourth-order valence-electron chi connectivity index (χ4n) is 4.46. The zero-order chi connectivity index (χ0) is 24.6. The lowest BCUT2D eigenvalue weighted by Gasteiger charge is -2.35. The van der Waals surface area contributed by atoms with E-state index in [0.717, 1.165) is 65.3 Å². The van der Waals surface area contributed by atoms with Gasteiger partial charge >= 0.3 is 0 Å². The minimum atomic E-state index is -0.272. The molecule has 1 fully saturated rings. The number of nitrogens with zero attached hydrogens (tertiary/aromatic N) is 9. The highest BCUT2D eigenvalue weighted by Crippen LogP contribution is 2.27. The van der Waals surface area contributed by atoms with Crippen LogP contribution in [0.1, 0.15) is 11.1 Å². The molecular weight excluding hydrogens is 457 g/mol. The van der Waals surface area contributed by atoms with Crippen molar-refractivity contribution in [2.24, 2.45) is 7.05 Å². The van der Waals surface area contributed by atoms with Gasteiger partial charge in [0.25, 0.3) is 0 Å². The lowest BCUT2D eigenvalue weighted by Crippen LogP contribution is -2.47. The van der Waals surface area contributed by atoms with Crippen molar-refractivity contribution in [2.45, 2.75) is 0 Å². The van der Waals surface area contributed by atoms with Crippen LogP contribution in [0.25, 0.3) is 22.2 Å². The molecule has 0 unspecified atom stereocenters. The highest BCUT2D eigenvalue weighted by Gasteiger charge is 2.22. The van der Waals surface area contributed by atoms with Crippen LogP contribution in [0.5, 0.6) is 0 Å². The van der Waals surface area contributed by atoms with Crippen molar-refractivity contribution in [3.63, 3.8) is 0 Å². The summed E-state index contributed by atoms with van der Waals surface area (Å²) < 4.78 is 16.9. The van der Waals surface area contributed by atoms with Gasteiger partial charge in [-0.1, -0.05) is 18.7 Å². The van der Waals surface area contributed by atoms with Gasteiger partial charge in [-0.3, -0.25) is 4.68 Å². The van der Waals surface area contributed by atoms with Crippen LogP contribution < -0.4 is 9.80 Å². The summed E-state index contributed by atoms with van der Waals surface area (Å²) in [5.74, 6) is 1.32. The summed E-state index contributed by atoms with van der Waals surface area (Å²) in [5, 5.41) is 8.67. The van der Waals surface area contributed by atoms with Crippen molar-refractivity contribution >= 4 is 22.9 Å². The second-order valence-corrected chi connectivity index (χ2v) is 8.78. The third-order valence-electron chi connectivity index (χ3n) is 6.47. The fraction of sp³-hybridized carbons (Fsp3) is 0.192. The van der Waals surface area contributed by atoms with E-state index in [0.29, 0.717) is 5.95 Å². The number of anilines is 2. The van der Waals surface area contributed by atoms with E-state index < -0.39 is 0 Å². The molecule has 0 amide bonds. The average Bonchev–Trinajstić information content (AvgIpc) is 3.55. The molecule has 0 saturated carbocycles. The number of hydrogen-bond donors (Lipinski definition) is 0. The zero-order valence-electron chi connectivity index (χ0n) is 19.8. The van der Waals surface area contributed by atoms with Gasteiger partial charge in [-0.15, -0.1) is 0 Å². The zero-order valence-corrected chi connectivity index (χ0v) is 19.8. The number of aryl methyl sites for hydroxylation is 1. The predicted molar refractivity (Wildman–Crippen MR) is 136 cm³/mol. The molecule has 5 heterocycles. The van der Waals surface area contributed by atoms with Crippen LogP contribution in [0.2, 0.25) is 0 Å². The molecule has 9 nitrogen and oxygen atoms in total. The average molecular weight is 482 g/mol. The Morgan fingerprint density at radius 1 is 0.833 bits per heavy atom. The quantitative estimate of drug-likeness (QED) is 0.380. The highest BCUT2D eigenvalue weighted by molar-refractivity contribution is 5.78. The Bertz CT molecular complexity index is 1530. The number of rotatable bonds is 5. The largest absolute Gasteiger partial charge is 0.351 e. The SMILES string of the molecule is C=C(c1ccc(F)cc1)c1cnc(N2CCN(c3ncnn4cc(-c5cnn(C)c5)cc34)CC2)nc1. The number of hydrogen-bond acceptors (Lipinski definition) is 7. The number of aromatic nitrogens is 7. The molecule has 0 atom stereocenters. The maximum absolute atomic E-state index is 13.2. The van der Waals surface area contributed by atoms with Crippen LogP contribution >= 0.6 is 0 Å². The van der Waals surface area contributed by atoms with E-state index in [2.05, 4.69) is 47.6 Å². The van der Waals surface area contributed by atoms with Gasteiger partial charge in [0.05, 0.1) is 6.20 Å². The van der Waals surface area contributed by atoms with Gasteiger partial charge < -0.3 is 9.80 Å². The Kier molecular flexibility index (Phi) is 5.40. The molecule has 0 radical (unpaired) electrons. The predicted octanol–water partition coefficient (Wildman–Crippen LogP) is 3.45. The maximum Gasteiger partial charge on any atom is 0.225 e. The molecule has 10 heteroatoms. The van der Waals surface area contributed by atoms with Crippen LogP contribution in [0.4, 0.5) is 16.2 Å². The highest BCUT2D eigenvalue weighted by atomic mass is 19.1. The lowest BCUT2D eigenvalue weighted by atomic mass is 10.0. The molecule has 0 aliphatic carbocycles. The number of halogens is 1. The Morgan fingerprint density at radius 3 is 2.25 bits per heavy atom. The summed E-state index contributed by atoms with van der Waals surface area (Å²) in [4.78, 5) is 18.2. The van der Waals surface area contributed by atoms with Gasteiger partial charge in [-0.25, -0.2) is 23.9 Å². The van der Waals surface area contributed by atoms with E-state index in [9.17, 15) is 4.39 Å². The summed E-state index contributed by atoms with van der Waals surface area (Å²) in [6.45, 7) is 7.22. The van der Waals surface area contributed by atoms with Crippen molar-refractivity contribution < 1.29 is 4.39 Å². The van der Waals surface area contributed by atoms with Gasteiger partial charge in [-0.05, 0) is 29.3 Å². The first kappa shape index (κ1) is 21.9. The van der Waals surface area contributed by atoms with Gasteiger partial charge in [-0.2, -0.15) is 10.2 Å². The third-order valence-corrected chi connectivity index (χ3v) is 6.47. The van der Waals surface area contributed by atoms with Gasteiger partial charge in [0, 0.05) is 74.7 Å². The van der Waals surface area contributed by atoms with Crippen LogP contribution in [-0.4, -0.2) is 60.5 Å². The monoisotopic (exact) mass is 481 g/mol. The molecule has 0 N–H and O–H groups in total. The standard InChI is InChI=1S/C26H24FN9/c1-18(19-3-5-23(27)6-4-19)21-12-28-26(29-13-21)35-9-7-34(8-10-35)25-24-11-20(16-36(24)32-17-30-25)22-14-31-33(2)15-22/h3-6,11-17H,1,7-10H2,2H3. The number of fused-ring (bicyclic) bond motifs is 1. The Balaban J connectivity index is 1.15. The fourth-order valence-corrected chi connectivity index (χ4v) is 4.46. The van der Waals surface area contributed by atoms with E-state index in [1.807, 2.05) is 30.2 Å². The summed E-state index contributed by atoms with van der Waals surface area (Å²) in [6, 6.07) is 8.37. The van der Waals surface area contributed by atoms with Crippen molar-refractivity contribution in [1.82, 2.24) is 34.3 Å². The third kappa shape index (κ3) is 4.06. The van der Waals surface area contributed by atoms with E-state index in [1.54, 1.807) is 35.5 Å². The Hall–Kier alpha value is -4.60. The molecule has 180 valence electrons. The molecule has 0 spiro atoms. The van der Waals surface area contributed by atoms with Gasteiger partial charge in [0.15, 0.2) is 5.82 Å². The first-order chi connectivity index (χ1) is 17.5. The van der Waals surface area contributed by atoms with E-state index >= 15 is 0 Å². The topological polar surface area (TPSA) is 80.3 Å². The molecule has 1 saturated heterocycles. The van der Waals surface area contributed by atoms with Crippen molar-refractivity contribution in [2.75, 3.05) is 36.0 Å². The summed E-state index contributed by atoms with van der Waals surface area (Å²) in [6.07, 6.45) is 11.0. The molecule has 1 aromatic carbocycles. The Labute approximate surface area is 207 Å². The minimum Gasteiger partial charge on any atom is -0.351 e. The van der Waals surface area contributed by atoms with E-state index in [4.69, 9.17) is 0 Å². The molecule has 5 aromatic rings. The number of benzene rings is 1. The Morgan fingerprint density at radius 2 is 1.56 bits per heavy atom. The first-order valence-electron chi connectivity index (χ1n) is 11.6. The molecule has 4 aromatic heterocycles. The summed E-state index contributed by atoms with van der Waals surface area (Å²) in [5.41, 5.74) is 5.47. The van der Waals surface area contributed by atoms with Crippen LogP contribution in [0.3, 0.4) is 0 Å². The molecule has 36 heavy (non-hydrogen) atoms. The van der Waals surface area contributed by atoms with Gasteiger partial charge in [0.1, 0.15) is 17.7 Å². The second-order valence-electron chi connectivity index (χ2n) is 8.78. The second kappa shape index (κ2) is 8.88. The van der Waals surface area contributed by atoms with Crippen molar-refractivity contribution in [1.29, 1.82) is 0 Å².